The number of nitrogen functional groups attached to an aromatic ring is 1. The number of nitrogens with two attached hydrogens (primary N) is 2. The molecule has 1 amide bonds. The number of H-pyrrole nitrogens is 1. The first-order valence-electron chi connectivity index (χ1n) is 10.3. The molecule has 4 rings (SSSR count). The summed E-state index contributed by atoms with van der Waals surface area (Å²) in [6.07, 6.45) is 14.4. The minimum Gasteiger partial charge on any atom is -0.404 e. The van der Waals surface area contributed by atoms with Gasteiger partial charge >= 0.3 is 0 Å². The minimum atomic E-state index is -0.552. The van der Waals surface area contributed by atoms with Crippen LogP contribution in [0.25, 0.3) is 16.7 Å². The summed E-state index contributed by atoms with van der Waals surface area (Å²) in [4.78, 5) is 21.3. The van der Waals surface area contributed by atoms with Crippen LogP contribution in [0.3, 0.4) is 0 Å². The number of benzene rings is 1. The van der Waals surface area contributed by atoms with Gasteiger partial charge in [-0.1, -0.05) is 43.3 Å². The Bertz CT molecular complexity index is 1160. The average Bonchev–Trinajstić information content (AvgIpc) is 3.29. The molecule has 0 aliphatic heterocycles. The molecule has 1 aromatic carbocycles. The molecule has 0 atom stereocenters. The first-order chi connectivity index (χ1) is 15.5. The maximum atomic E-state index is 13.2. The van der Waals surface area contributed by atoms with Gasteiger partial charge in [0, 0.05) is 47.2 Å². The maximum absolute atomic E-state index is 13.2. The van der Waals surface area contributed by atoms with Crippen LogP contribution in [0.1, 0.15) is 30.4 Å². The second kappa shape index (κ2) is 8.89. The molecule has 162 valence electrons. The lowest BCUT2D eigenvalue weighted by Gasteiger charge is -2.40. The number of nitrogens with one attached hydrogen (secondary N) is 2. The average molecular weight is 428 g/mol. The third kappa shape index (κ3) is 4.15. The summed E-state index contributed by atoms with van der Waals surface area (Å²) in [7, 11) is 0. The summed E-state index contributed by atoms with van der Waals surface area (Å²) in [6.45, 7) is 3.97. The molecule has 1 saturated carbocycles. The summed E-state index contributed by atoms with van der Waals surface area (Å²) in [5.74, 6) is 0.187. The summed E-state index contributed by atoms with van der Waals surface area (Å²) in [6, 6.07) is 7.96. The van der Waals surface area contributed by atoms with Crippen molar-refractivity contribution in [1.29, 1.82) is 0 Å². The second-order valence-electron chi connectivity index (χ2n) is 7.76. The monoisotopic (exact) mass is 427 g/mol. The molecule has 0 spiro atoms. The molecule has 1 fully saturated rings. The van der Waals surface area contributed by atoms with Crippen LogP contribution in [-0.4, -0.2) is 26.1 Å². The number of hydrogen-bond acceptors (Lipinski definition) is 6. The molecule has 8 heteroatoms. The molecule has 1 aliphatic rings. The number of nitrogens with zero attached hydrogens (tertiary/aromatic N) is 3. The summed E-state index contributed by atoms with van der Waals surface area (Å²) in [5, 5.41) is 9.62. The molecule has 2 aromatic heterocycles. The molecular formula is C24H25N7O. The summed E-state index contributed by atoms with van der Waals surface area (Å²) in [5.41, 5.74) is 15.7. The maximum Gasteiger partial charge on any atom is 0.235 e. The lowest BCUT2D eigenvalue weighted by atomic mass is 9.63. The van der Waals surface area contributed by atoms with Gasteiger partial charge in [0.2, 0.25) is 11.9 Å². The number of carbonyl (C=O) groups excluding carboxylic acids is 1. The first-order valence-corrected chi connectivity index (χ1v) is 10.3. The zero-order valence-electron chi connectivity index (χ0n) is 17.6. The number of anilines is 1. The number of allylic oxidation sites excluding steroid dienone is 3. The zero-order chi connectivity index (χ0) is 22.6. The van der Waals surface area contributed by atoms with Crippen molar-refractivity contribution >= 4 is 17.4 Å². The number of hydrogen-bond donors (Lipinski definition) is 4. The predicted octanol–water partition coefficient (Wildman–Crippen LogP) is 3.06. The van der Waals surface area contributed by atoms with E-state index < -0.39 is 5.41 Å². The van der Waals surface area contributed by atoms with Gasteiger partial charge in [-0.15, -0.1) is 0 Å². The summed E-state index contributed by atoms with van der Waals surface area (Å²) >= 11 is 0. The van der Waals surface area contributed by atoms with Gasteiger partial charge in [-0.05, 0) is 30.0 Å². The SMILES string of the molecule is C=C(/C=C\C(=C/N)c1cn[nH]c1)NC(=O)C1(c2ccc(-c3cnc(N)nc3)cc2)CCC1. The van der Waals surface area contributed by atoms with Gasteiger partial charge in [0.1, 0.15) is 0 Å². The third-order valence-electron chi connectivity index (χ3n) is 5.83. The number of rotatable bonds is 7. The van der Waals surface area contributed by atoms with Gasteiger partial charge in [0.15, 0.2) is 0 Å². The molecule has 6 N–H and O–H groups in total. The molecule has 32 heavy (non-hydrogen) atoms. The van der Waals surface area contributed by atoms with Gasteiger partial charge in [0.25, 0.3) is 0 Å². The fraction of sp³-hybridized carbons (Fsp3) is 0.167. The summed E-state index contributed by atoms with van der Waals surface area (Å²) < 4.78 is 0. The van der Waals surface area contributed by atoms with Crippen LogP contribution < -0.4 is 16.8 Å². The van der Waals surface area contributed by atoms with E-state index in [-0.39, 0.29) is 11.9 Å². The van der Waals surface area contributed by atoms with E-state index in [1.807, 2.05) is 24.3 Å². The predicted molar refractivity (Wildman–Crippen MR) is 125 cm³/mol. The number of aromatic nitrogens is 4. The topological polar surface area (TPSA) is 136 Å². The first kappa shape index (κ1) is 21.0. The van der Waals surface area contributed by atoms with E-state index in [0.29, 0.717) is 5.70 Å². The Labute approximate surface area is 186 Å². The van der Waals surface area contributed by atoms with Crippen molar-refractivity contribution in [1.82, 2.24) is 25.5 Å². The molecule has 0 radical (unpaired) electrons. The van der Waals surface area contributed by atoms with Crippen molar-refractivity contribution < 1.29 is 4.79 Å². The van der Waals surface area contributed by atoms with Gasteiger partial charge < -0.3 is 16.8 Å². The third-order valence-corrected chi connectivity index (χ3v) is 5.83. The standard InChI is InChI=1S/C24H25N7O/c1-16(3-4-18(11-25)20-14-29-30-15-20)31-22(32)24(9-2-10-24)21-7-5-17(6-8-21)19-12-27-23(26)28-13-19/h3-8,11-15H,1-2,9-10,25H2,(H,29,30)(H,31,32)(H2,26,27,28)/b4-3-,18-11+. The quantitative estimate of drug-likeness (QED) is 0.428. The van der Waals surface area contributed by atoms with E-state index in [9.17, 15) is 4.79 Å². The fourth-order valence-electron chi connectivity index (χ4n) is 3.80. The van der Waals surface area contributed by atoms with Crippen LogP contribution in [0, 0.1) is 0 Å². The van der Waals surface area contributed by atoms with Crippen LogP contribution in [0.4, 0.5) is 5.95 Å². The molecule has 3 aromatic rings. The van der Waals surface area contributed by atoms with E-state index in [4.69, 9.17) is 11.5 Å². The van der Waals surface area contributed by atoms with Gasteiger partial charge in [0.05, 0.1) is 11.6 Å². The smallest absolute Gasteiger partial charge is 0.235 e. The highest BCUT2D eigenvalue weighted by Crippen LogP contribution is 2.44. The highest BCUT2D eigenvalue weighted by Gasteiger charge is 2.45. The highest BCUT2D eigenvalue weighted by molar-refractivity contribution is 5.91. The van der Waals surface area contributed by atoms with Crippen LogP contribution in [-0.2, 0) is 10.2 Å². The molecule has 2 heterocycles. The number of amides is 1. The zero-order valence-corrected chi connectivity index (χ0v) is 17.6. The Kier molecular flexibility index (Phi) is 5.85. The molecule has 8 nitrogen and oxygen atoms in total. The van der Waals surface area contributed by atoms with Crippen molar-refractivity contribution in [2.75, 3.05) is 5.73 Å². The van der Waals surface area contributed by atoms with Crippen molar-refractivity contribution in [2.45, 2.75) is 24.7 Å². The Morgan fingerprint density at radius 1 is 1.09 bits per heavy atom. The molecule has 0 bridgehead atoms. The Morgan fingerprint density at radius 2 is 1.81 bits per heavy atom. The van der Waals surface area contributed by atoms with Gasteiger partial charge in [-0.2, -0.15) is 5.10 Å². The van der Waals surface area contributed by atoms with Crippen LogP contribution >= 0.6 is 0 Å². The Hall–Kier alpha value is -4.20. The molecular weight excluding hydrogens is 402 g/mol. The number of carbonyl (C=O) groups is 1. The van der Waals surface area contributed by atoms with Crippen LogP contribution in [0.2, 0.25) is 0 Å². The second-order valence-corrected chi connectivity index (χ2v) is 7.76. The number of aromatic amines is 1. The van der Waals surface area contributed by atoms with Crippen molar-refractivity contribution in [3.63, 3.8) is 0 Å². The molecule has 0 unspecified atom stereocenters. The van der Waals surface area contributed by atoms with Crippen LogP contribution in [0.15, 0.2) is 79.7 Å². The molecule has 1 aliphatic carbocycles. The van der Waals surface area contributed by atoms with E-state index >= 15 is 0 Å². The van der Waals surface area contributed by atoms with E-state index in [2.05, 4.69) is 32.1 Å². The Morgan fingerprint density at radius 3 is 2.38 bits per heavy atom. The van der Waals surface area contributed by atoms with E-state index in [1.54, 1.807) is 36.9 Å². The van der Waals surface area contributed by atoms with Crippen molar-refractivity contribution in [3.05, 3.63) is 90.8 Å². The van der Waals surface area contributed by atoms with Crippen LogP contribution in [0.5, 0.6) is 0 Å². The van der Waals surface area contributed by atoms with Gasteiger partial charge in [-0.25, -0.2) is 9.97 Å². The lowest BCUT2D eigenvalue weighted by Crippen LogP contribution is -2.48. The highest BCUT2D eigenvalue weighted by atomic mass is 16.2. The van der Waals surface area contributed by atoms with E-state index in [1.165, 1.54) is 6.20 Å². The lowest BCUT2D eigenvalue weighted by molar-refractivity contribution is -0.129. The minimum absolute atomic E-state index is 0.0523. The fourth-order valence-corrected chi connectivity index (χ4v) is 3.80. The van der Waals surface area contributed by atoms with Crippen molar-refractivity contribution in [3.8, 4) is 11.1 Å². The van der Waals surface area contributed by atoms with E-state index in [0.717, 1.165) is 47.1 Å². The normalized spacial score (nSPS) is 15.3. The Balaban J connectivity index is 1.46. The van der Waals surface area contributed by atoms with Gasteiger partial charge in [-0.3, -0.25) is 9.89 Å². The molecule has 0 saturated heterocycles. The largest absolute Gasteiger partial charge is 0.404 e. The van der Waals surface area contributed by atoms with Crippen molar-refractivity contribution in [2.24, 2.45) is 5.73 Å².